The summed E-state index contributed by atoms with van der Waals surface area (Å²) in [4.78, 5) is 0. The third-order valence-electron chi connectivity index (χ3n) is 4.93. The summed E-state index contributed by atoms with van der Waals surface area (Å²) in [5.74, 6) is 0. The van der Waals surface area contributed by atoms with E-state index in [-0.39, 0.29) is 0 Å². The van der Waals surface area contributed by atoms with E-state index < -0.39 is 0 Å². The van der Waals surface area contributed by atoms with Gasteiger partial charge < -0.3 is 0 Å². The zero-order chi connectivity index (χ0) is 17.9. The average Bonchev–Trinajstić information content (AvgIpc) is 2.69. The van der Waals surface area contributed by atoms with E-state index in [1.807, 2.05) is 0 Å². The average molecular weight is 334 g/mol. The van der Waals surface area contributed by atoms with E-state index in [9.17, 15) is 0 Å². The molecule has 0 atom stereocenters. The van der Waals surface area contributed by atoms with E-state index in [4.69, 9.17) is 0 Å². The molecule has 0 heterocycles. The highest BCUT2D eigenvalue weighted by Crippen LogP contribution is 2.36. The molecule has 0 fully saturated rings. The Kier molecular flexibility index (Phi) is 4.41. The standard InChI is InChI=1S/C26H22/c1-19-10-9-15-23(16-19)26-18-24(21-11-5-3-6-12-21)17-25(20(26)2)22-13-7-4-8-14-22/h3-18H,1-2H3. The van der Waals surface area contributed by atoms with Crippen LogP contribution in [-0.2, 0) is 0 Å². The number of hydrogen-bond donors (Lipinski definition) is 0. The van der Waals surface area contributed by atoms with Gasteiger partial charge in [0, 0.05) is 0 Å². The fourth-order valence-corrected chi connectivity index (χ4v) is 3.54. The summed E-state index contributed by atoms with van der Waals surface area (Å²) in [7, 11) is 0. The van der Waals surface area contributed by atoms with Crippen molar-refractivity contribution in [1.82, 2.24) is 0 Å². The van der Waals surface area contributed by atoms with Gasteiger partial charge in [-0.25, -0.2) is 0 Å². The Labute approximate surface area is 155 Å². The molecule has 0 aliphatic heterocycles. The Morgan fingerprint density at radius 1 is 0.423 bits per heavy atom. The molecule has 4 aromatic carbocycles. The lowest BCUT2D eigenvalue weighted by molar-refractivity contribution is 1.42. The maximum absolute atomic E-state index is 2.33. The maximum atomic E-state index is 2.33. The molecule has 0 aromatic heterocycles. The Morgan fingerprint density at radius 2 is 0.962 bits per heavy atom. The second-order valence-electron chi connectivity index (χ2n) is 6.80. The van der Waals surface area contributed by atoms with Gasteiger partial charge in [-0.2, -0.15) is 0 Å². The van der Waals surface area contributed by atoms with Gasteiger partial charge in [-0.15, -0.1) is 0 Å². The van der Waals surface area contributed by atoms with Crippen molar-refractivity contribution >= 4 is 0 Å². The minimum absolute atomic E-state index is 1.25. The summed E-state index contributed by atoms with van der Waals surface area (Å²) in [6.45, 7) is 4.38. The molecular weight excluding hydrogens is 312 g/mol. The van der Waals surface area contributed by atoms with E-state index in [1.54, 1.807) is 0 Å². The van der Waals surface area contributed by atoms with Gasteiger partial charge in [0.05, 0.1) is 0 Å². The van der Waals surface area contributed by atoms with Crippen molar-refractivity contribution in [3.63, 3.8) is 0 Å². The van der Waals surface area contributed by atoms with Crippen LogP contribution in [0.1, 0.15) is 11.1 Å². The molecule has 4 aromatic rings. The topological polar surface area (TPSA) is 0 Å². The van der Waals surface area contributed by atoms with Gasteiger partial charge in [-0.3, -0.25) is 0 Å². The predicted octanol–water partition coefficient (Wildman–Crippen LogP) is 7.30. The van der Waals surface area contributed by atoms with Crippen LogP contribution in [0.3, 0.4) is 0 Å². The van der Waals surface area contributed by atoms with Gasteiger partial charge in [-0.05, 0) is 64.9 Å². The van der Waals surface area contributed by atoms with Gasteiger partial charge in [0.15, 0.2) is 0 Å². The first-order chi connectivity index (χ1) is 12.7. The number of rotatable bonds is 3. The molecule has 0 heteroatoms. The molecule has 0 saturated carbocycles. The first kappa shape index (κ1) is 16.4. The SMILES string of the molecule is Cc1cccc(-c2cc(-c3ccccc3)cc(-c3ccccc3)c2C)c1. The Morgan fingerprint density at radius 3 is 1.58 bits per heavy atom. The lowest BCUT2D eigenvalue weighted by Gasteiger charge is -2.16. The van der Waals surface area contributed by atoms with E-state index >= 15 is 0 Å². The number of aryl methyl sites for hydroxylation is 1. The lowest BCUT2D eigenvalue weighted by atomic mass is 9.88. The molecular formula is C26H22. The first-order valence-electron chi connectivity index (χ1n) is 9.05. The summed E-state index contributed by atoms with van der Waals surface area (Å²) < 4.78 is 0. The summed E-state index contributed by atoms with van der Waals surface area (Å²) in [6, 6.07) is 34.7. The molecule has 4 rings (SSSR count). The second kappa shape index (κ2) is 7.01. The van der Waals surface area contributed by atoms with Crippen molar-refractivity contribution in [3.05, 3.63) is 108 Å². The van der Waals surface area contributed by atoms with Crippen LogP contribution < -0.4 is 0 Å². The van der Waals surface area contributed by atoms with Crippen molar-refractivity contribution in [2.75, 3.05) is 0 Å². The Bertz CT molecular complexity index is 1030. The van der Waals surface area contributed by atoms with Crippen molar-refractivity contribution in [1.29, 1.82) is 0 Å². The molecule has 0 spiro atoms. The van der Waals surface area contributed by atoms with E-state index in [0.29, 0.717) is 0 Å². The van der Waals surface area contributed by atoms with Crippen molar-refractivity contribution in [2.24, 2.45) is 0 Å². The van der Waals surface area contributed by atoms with Crippen LogP contribution in [0.15, 0.2) is 97.1 Å². The number of hydrogen-bond acceptors (Lipinski definition) is 0. The highest BCUT2D eigenvalue weighted by atomic mass is 14.2. The fourth-order valence-electron chi connectivity index (χ4n) is 3.54. The molecule has 26 heavy (non-hydrogen) atoms. The van der Waals surface area contributed by atoms with Crippen LogP contribution in [0.4, 0.5) is 0 Å². The van der Waals surface area contributed by atoms with Gasteiger partial charge in [0.25, 0.3) is 0 Å². The summed E-state index contributed by atoms with van der Waals surface area (Å²) in [6.07, 6.45) is 0. The minimum Gasteiger partial charge on any atom is -0.0622 e. The molecule has 0 radical (unpaired) electrons. The van der Waals surface area contributed by atoms with Crippen molar-refractivity contribution in [3.8, 4) is 33.4 Å². The summed E-state index contributed by atoms with van der Waals surface area (Å²) >= 11 is 0. The smallest absolute Gasteiger partial charge is 0.0142 e. The highest BCUT2D eigenvalue weighted by Gasteiger charge is 2.12. The first-order valence-corrected chi connectivity index (χ1v) is 9.05. The van der Waals surface area contributed by atoms with Crippen LogP contribution in [-0.4, -0.2) is 0 Å². The largest absolute Gasteiger partial charge is 0.0622 e. The van der Waals surface area contributed by atoms with E-state index in [2.05, 4.69) is 111 Å². The number of benzene rings is 4. The Hall–Kier alpha value is -3.12. The molecule has 0 aliphatic rings. The van der Waals surface area contributed by atoms with E-state index in [1.165, 1.54) is 44.5 Å². The normalized spacial score (nSPS) is 10.7. The zero-order valence-corrected chi connectivity index (χ0v) is 15.2. The van der Waals surface area contributed by atoms with Crippen LogP contribution in [0, 0.1) is 13.8 Å². The Balaban J connectivity index is 1.99. The summed E-state index contributed by atoms with van der Waals surface area (Å²) in [5, 5.41) is 0. The third-order valence-corrected chi connectivity index (χ3v) is 4.93. The minimum atomic E-state index is 1.25. The van der Waals surface area contributed by atoms with Crippen LogP contribution in [0.2, 0.25) is 0 Å². The van der Waals surface area contributed by atoms with Crippen molar-refractivity contribution < 1.29 is 0 Å². The monoisotopic (exact) mass is 334 g/mol. The molecule has 0 amide bonds. The van der Waals surface area contributed by atoms with Gasteiger partial charge in [-0.1, -0.05) is 90.5 Å². The molecule has 0 bridgehead atoms. The summed E-state index contributed by atoms with van der Waals surface area (Å²) in [5.41, 5.74) is 10.2. The zero-order valence-electron chi connectivity index (χ0n) is 15.2. The molecule has 0 N–H and O–H groups in total. The maximum Gasteiger partial charge on any atom is -0.0142 e. The fraction of sp³-hybridized carbons (Fsp3) is 0.0769. The van der Waals surface area contributed by atoms with Crippen LogP contribution >= 0.6 is 0 Å². The third kappa shape index (κ3) is 3.19. The lowest BCUT2D eigenvalue weighted by Crippen LogP contribution is -1.92. The quantitative estimate of drug-likeness (QED) is 0.368. The van der Waals surface area contributed by atoms with Gasteiger partial charge in [0.2, 0.25) is 0 Å². The van der Waals surface area contributed by atoms with Crippen molar-refractivity contribution in [2.45, 2.75) is 13.8 Å². The molecule has 0 aliphatic carbocycles. The molecule has 0 unspecified atom stereocenters. The second-order valence-corrected chi connectivity index (χ2v) is 6.80. The highest BCUT2D eigenvalue weighted by molar-refractivity contribution is 5.84. The molecule has 0 saturated heterocycles. The molecule has 0 nitrogen and oxygen atoms in total. The van der Waals surface area contributed by atoms with Gasteiger partial charge >= 0.3 is 0 Å². The van der Waals surface area contributed by atoms with E-state index in [0.717, 1.165) is 0 Å². The van der Waals surface area contributed by atoms with Crippen LogP contribution in [0.25, 0.3) is 33.4 Å². The van der Waals surface area contributed by atoms with Gasteiger partial charge in [0.1, 0.15) is 0 Å². The van der Waals surface area contributed by atoms with Crippen LogP contribution in [0.5, 0.6) is 0 Å². The molecule has 126 valence electrons. The predicted molar refractivity (Wildman–Crippen MR) is 112 cm³/mol.